The van der Waals surface area contributed by atoms with Crippen molar-refractivity contribution in [2.75, 3.05) is 0 Å². The Labute approximate surface area is 220 Å². The van der Waals surface area contributed by atoms with E-state index in [1.54, 1.807) is 12.1 Å². The molecule has 0 heterocycles. The maximum Gasteiger partial charge on any atom is 0.416 e. The van der Waals surface area contributed by atoms with Crippen LogP contribution in [0, 0.1) is 19.8 Å². The minimum absolute atomic E-state index is 0.234. The summed E-state index contributed by atoms with van der Waals surface area (Å²) in [6, 6.07) is 15.4. The number of hydrogen-bond acceptors (Lipinski definition) is 4. The fraction of sp³-hybridized carbons (Fsp3) is 0.258. The molecule has 1 aliphatic rings. The quantitative estimate of drug-likeness (QED) is 0.200. The van der Waals surface area contributed by atoms with Gasteiger partial charge in [0.05, 0.1) is 5.56 Å². The van der Waals surface area contributed by atoms with Crippen LogP contribution in [0.4, 0.5) is 13.2 Å². The van der Waals surface area contributed by atoms with E-state index in [1.807, 2.05) is 38.1 Å². The zero-order chi connectivity index (χ0) is 27.4. The highest BCUT2D eigenvalue weighted by Crippen LogP contribution is 2.41. The van der Waals surface area contributed by atoms with Gasteiger partial charge in [-0.3, -0.25) is 0 Å². The fourth-order valence-electron chi connectivity index (χ4n) is 4.70. The number of benzene rings is 3. The van der Waals surface area contributed by atoms with Crippen molar-refractivity contribution in [2.24, 2.45) is 11.7 Å². The van der Waals surface area contributed by atoms with Crippen LogP contribution in [0.5, 0.6) is 11.5 Å². The number of carbonyl (C=O) groups excluding carboxylic acids is 1. The summed E-state index contributed by atoms with van der Waals surface area (Å²) in [7, 11) is 0. The molecule has 0 aromatic heterocycles. The number of aryl methyl sites for hydroxylation is 1. The summed E-state index contributed by atoms with van der Waals surface area (Å²) >= 11 is 0. The second-order valence-electron chi connectivity index (χ2n) is 9.72. The molecule has 0 bridgehead atoms. The molecule has 2 unspecified atom stereocenters. The Morgan fingerprint density at radius 3 is 2.53 bits per heavy atom. The molecule has 198 valence electrons. The van der Waals surface area contributed by atoms with E-state index in [1.165, 1.54) is 23.8 Å². The van der Waals surface area contributed by atoms with Crippen molar-refractivity contribution in [1.82, 2.24) is 0 Å². The van der Waals surface area contributed by atoms with Gasteiger partial charge in [-0.15, -0.1) is 0 Å². The van der Waals surface area contributed by atoms with E-state index in [9.17, 15) is 23.1 Å². The average Bonchev–Trinajstić information content (AvgIpc) is 3.35. The summed E-state index contributed by atoms with van der Waals surface area (Å²) in [4.78, 5) is 12.1. The number of esters is 1. The summed E-state index contributed by atoms with van der Waals surface area (Å²) in [5, 5.41) is 10.6. The van der Waals surface area contributed by atoms with E-state index in [0.717, 1.165) is 59.7 Å². The number of carbonyl (C=O) groups is 1. The van der Waals surface area contributed by atoms with Crippen LogP contribution in [-0.4, -0.2) is 11.1 Å². The van der Waals surface area contributed by atoms with Gasteiger partial charge in [-0.2, -0.15) is 13.2 Å². The summed E-state index contributed by atoms with van der Waals surface area (Å²) in [5.41, 5.74) is 10.9. The Bertz CT molecular complexity index is 1370. The van der Waals surface area contributed by atoms with Gasteiger partial charge in [0.1, 0.15) is 11.5 Å². The first-order chi connectivity index (χ1) is 18.0. The van der Waals surface area contributed by atoms with Crippen LogP contribution in [-0.2, 0) is 11.0 Å². The largest absolute Gasteiger partial charge is 0.507 e. The van der Waals surface area contributed by atoms with Crippen molar-refractivity contribution in [3.63, 3.8) is 0 Å². The van der Waals surface area contributed by atoms with Crippen LogP contribution in [0.15, 0.2) is 72.3 Å². The summed E-state index contributed by atoms with van der Waals surface area (Å²) < 4.78 is 43.8. The van der Waals surface area contributed by atoms with Crippen molar-refractivity contribution in [3.8, 4) is 11.5 Å². The minimum Gasteiger partial charge on any atom is -0.507 e. The van der Waals surface area contributed by atoms with Crippen LogP contribution < -0.4 is 10.5 Å². The zero-order valence-electron chi connectivity index (χ0n) is 21.3. The van der Waals surface area contributed by atoms with Crippen LogP contribution in [0.25, 0.3) is 12.2 Å². The molecule has 0 spiro atoms. The molecular weight excluding hydrogens is 491 g/mol. The van der Waals surface area contributed by atoms with Crippen LogP contribution in [0.2, 0.25) is 0 Å². The van der Waals surface area contributed by atoms with E-state index in [0.29, 0.717) is 5.75 Å². The van der Waals surface area contributed by atoms with E-state index >= 15 is 0 Å². The lowest BCUT2D eigenvalue weighted by Crippen LogP contribution is -2.19. The third-order valence-electron chi connectivity index (χ3n) is 7.06. The second kappa shape index (κ2) is 11.3. The maximum atomic E-state index is 12.8. The molecule has 0 aliphatic heterocycles. The van der Waals surface area contributed by atoms with Gasteiger partial charge in [-0.25, -0.2) is 4.79 Å². The molecule has 1 saturated carbocycles. The summed E-state index contributed by atoms with van der Waals surface area (Å²) in [6.07, 6.45) is 2.73. The zero-order valence-corrected chi connectivity index (χ0v) is 21.3. The Kier molecular flexibility index (Phi) is 8.07. The van der Waals surface area contributed by atoms with E-state index in [-0.39, 0.29) is 23.3 Å². The average molecular weight is 522 g/mol. The molecule has 38 heavy (non-hydrogen) atoms. The van der Waals surface area contributed by atoms with Crippen molar-refractivity contribution < 1.29 is 27.8 Å². The highest BCUT2D eigenvalue weighted by atomic mass is 19.4. The SMILES string of the molecule is Cc1ccc(C(N)C2CC/C(=C\c3ccc(OC(=O)/C=C/c4cccc(C(F)(F)F)c4)cc3)C2)c(O)c1C. The Balaban J connectivity index is 1.34. The number of nitrogens with two attached hydrogens (primary N) is 1. The van der Waals surface area contributed by atoms with Crippen LogP contribution >= 0.6 is 0 Å². The number of hydrogen-bond donors (Lipinski definition) is 2. The number of aromatic hydroxyl groups is 1. The molecular formula is C31H30F3NO3. The molecule has 7 heteroatoms. The standard InChI is InChI=1S/C31H30F3NO3/c1-19-6-14-27(30(37)20(19)2)29(35)24-11-7-23(17-24)16-22-8-12-26(13-9-22)38-28(36)15-10-21-4-3-5-25(18-21)31(32,33)34/h3-6,8-10,12-16,18,24,29,37H,7,11,17,35H2,1-2H3/b15-10+,23-16+. The third-order valence-corrected chi connectivity index (χ3v) is 7.06. The van der Waals surface area contributed by atoms with Gasteiger partial charge in [-0.05, 0) is 91.6 Å². The summed E-state index contributed by atoms with van der Waals surface area (Å²) in [6.45, 7) is 3.86. The van der Waals surface area contributed by atoms with E-state index in [4.69, 9.17) is 10.5 Å². The second-order valence-corrected chi connectivity index (χ2v) is 9.72. The molecule has 4 rings (SSSR count). The lowest BCUT2D eigenvalue weighted by atomic mass is 9.89. The first-order valence-corrected chi connectivity index (χ1v) is 12.4. The smallest absolute Gasteiger partial charge is 0.416 e. The highest BCUT2D eigenvalue weighted by molar-refractivity contribution is 5.88. The monoisotopic (exact) mass is 521 g/mol. The number of halogens is 3. The molecule has 3 N–H and O–H groups in total. The fourth-order valence-corrected chi connectivity index (χ4v) is 4.70. The van der Waals surface area contributed by atoms with Gasteiger partial charge in [0.25, 0.3) is 0 Å². The normalized spacial score (nSPS) is 17.7. The number of rotatable bonds is 6. The van der Waals surface area contributed by atoms with Gasteiger partial charge < -0.3 is 15.6 Å². The van der Waals surface area contributed by atoms with E-state index < -0.39 is 17.7 Å². The molecule has 0 amide bonds. The first kappa shape index (κ1) is 27.2. The molecule has 3 aromatic rings. The van der Waals surface area contributed by atoms with Crippen LogP contribution in [0.1, 0.15) is 58.7 Å². The van der Waals surface area contributed by atoms with Crippen molar-refractivity contribution in [3.05, 3.63) is 106 Å². The Morgan fingerprint density at radius 2 is 1.82 bits per heavy atom. The van der Waals surface area contributed by atoms with Crippen LogP contribution in [0.3, 0.4) is 0 Å². The summed E-state index contributed by atoms with van der Waals surface area (Å²) in [5.74, 6) is 0.168. The van der Waals surface area contributed by atoms with Crippen molar-refractivity contribution in [1.29, 1.82) is 0 Å². The van der Waals surface area contributed by atoms with Gasteiger partial charge in [0, 0.05) is 17.7 Å². The Hall–Kier alpha value is -3.84. The maximum absolute atomic E-state index is 12.8. The van der Waals surface area contributed by atoms with Gasteiger partial charge >= 0.3 is 12.1 Å². The number of alkyl halides is 3. The molecule has 2 atom stereocenters. The highest BCUT2D eigenvalue weighted by Gasteiger charge is 2.30. The topological polar surface area (TPSA) is 72.5 Å². The third kappa shape index (κ3) is 6.53. The molecule has 3 aromatic carbocycles. The van der Waals surface area contributed by atoms with Crippen molar-refractivity contribution in [2.45, 2.75) is 45.3 Å². The molecule has 0 radical (unpaired) electrons. The number of ether oxygens (including phenoxy) is 1. The molecule has 4 nitrogen and oxygen atoms in total. The molecule has 1 aliphatic carbocycles. The lowest BCUT2D eigenvalue weighted by Gasteiger charge is -2.21. The number of phenolic OH excluding ortho intramolecular Hbond substituents is 1. The number of phenols is 1. The first-order valence-electron chi connectivity index (χ1n) is 12.4. The molecule has 0 saturated heterocycles. The van der Waals surface area contributed by atoms with Gasteiger partial charge in [0.15, 0.2) is 0 Å². The lowest BCUT2D eigenvalue weighted by molar-refractivity contribution is -0.137. The predicted octanol–water partition coefficient (Wildman–Crippen LogP) is 7.53. The van der Waals surface area contributed by atoms with Crippen molar-refractivity contribution >= 4 is 18.1 Å². The number of allylic oxidation sites excluding steroid dienone is 1. The predicted molar refractivity (Wildman–Crippen MR) is 142 cm³/mol. The molecule has 1 fully saturated rings. The van der Waals surface area contributed by atoms with Gasteiger partial charge in [0.2, 0.25) is 0 Å². The Morgan fingerprint density at radius 1 is 1.08 bits per heavy atom. The van der Waals surface area contributed by atoms with E-state index in [2.05, 4.69) is 6.08 Å². The van der Waals surface area contributed by atoms with Gasteiger partial charge in [-0.1, -0.05) is 48.0 Å². The minimum atomic E-state index is -4.45.